The van der Waals surface area contributed by atoms with E-state index in [1.165, 1.54) is 16.4 Å². The Labute approximate surface area is 175 Å². The van der Waals surface area contributed by atoms with E-state index in [-0.39, 0.29) is 16.7 Å². The number of nitrogens with one attached hydrogen (secondary N) is 1. The van der Waals surface area contributed by atoms with Gasteiger partial charge in [-0.3, -0.25) is 9.69 Å². The smallest absolute Gasteiger partial charge is 0.243 e. The van der Waals surface area contributed by atoms with Gasteiger partial charge in [0.1, 0.15) is 0 Å². The van der Waals surface area contributed by atoms with Gasteiger partial charge in [0.25, 0.3) is 0 Å². The Bertz CT molecular complexity index is 1130. The maximum atomic E-state index is 13.0. The van der Waals surface area contributed by atoms with E-state index in [2.05, 4.69) is 4.98 Å². The fourth-order valence-corrected chi connectivity index (χ4v) is 5.30. The van der Waals surface area contributed by atoms with Crippen LogP contribution < -0.4 is 0 Å². The van der Waals surface area contributed by atoms with E-state index in [9.17, 15) is 13.2 Å². The van der Waals surface area contributed by atoms with E-state index >= 15 is 0 Å². The SMILES string of the molecule is CC(C(=O)c1c[nH]c2ccccc12)N1CCN(S(=O)(=O)c2ccc(Cl)cc2)CC1. The van der Waals surface area contributed by atoms with Crippen molar-refractivity contribution in [1.82, 2.24) is 14.2 Å². The summed E-state index contributed by atoms with van der Waals surface area (Å²) in [6.07, 6.45) is 1.75. The van der Waals surface area contributed by atoms with Gasteiger partial charge in [0.05, 0.1) is 10.9 Å². The molecule has 0 spiro atoms. The average molecular weight is 432 g/mol. The van der Waals surface area contributed by atoms with Crippen LogP contribution in [-0.4, -0.2) is 60.6 Å². The van der Waals surface area contributed by atoms with Crippen LogP contribution in [0.4, 0.5) is 0 Å². The second-order valence-electron chi connectivity index (χ2n) is 7.18. The number of piperazine rings is 1. The van der Waals surface area contributed by atoms with Gasteiger partial charge < -0.3 is 4.98 Å². The summed E-state index contributed by atoms with van der Waals surface area (Å²) in [6, 6.07) is 13.6. The topological polar surface area (TPSA) is 73.5 Å². The predicted octanol–water partition coefficient (Wildman–Crippen LogP) is 3.40. The lowest BCUT2D eigenvalue weighted by Gasteiger charge is -2.36. The van der Waals surface area contributed by atoms with Gasteiger partial charge in [-0.05, 0) is 37.3 Å². The molecule has 1 N–H and O–H groups in total. The zero-order valence-corrected chi connectivity index (χ0v) is 17.6. The molecule has 0 bridgehead atoms. The first-order valence-electron chi connectivity index (χ1n) is 9.48. The number of H-pyrrole nitrogens is 1. The van der Waals surface area contributed by atoms with Gasteiger partial charge in [-0.2, -0.15) is 4.31 Å². The quantitative estimate of drug-likeness (QED) is 0.628. The van der Waals surface area contributed by atoms with Crippen molar-refractivity contribution in [2.75, 3.05) is 26.2 Å². The maximum absolute atomic E-state index is 13.0. The average Bonchev–Trinajstić information content (AvgIpc) is 3.17. The summed E-state index contributed by atoms with van der Waals surface area (Å²) in [5.41, 5.74) is 1.60. The highest BCUT2D eigenvalue weighted by atomic mass is 35.5. The van der Waals surface area contributed by atoms with Crippen molar-refractivity contribution in [3.63, 3.8) is 0 Å². The number of aromatic amines is 1. The molecule has 3 aromatic rings. The fourth-order valence-electron chi connectivity index (χ4n) is 3.75. The van der Waals surface area contributed by atoms with Crippen LogP contribution in [0.2, 0.25) is 5.02 Å². The van der Waals surface area contributed by atoms with Crippen molar-refractivity contribution >= 4 is 38.3 Å². The summed E-state index contributed by atoms with van der Waals surface area (Å²) in [7, 11) is -3.56. The minimum absolute atomic E-state index is 0.0384. The summed E-state index contributed by atoms with van der Waals surface area (Å²) in [6.45, 7) is 3.57. The summed E-state index contributed by atoms with van der Waals surface area (Å²) >= 11 is 5.86. The predicted molar refractivity (Wildman–Crippen MR) is 114 cm³/mol. The zero-order valence-electron chi connectivity index (χ0n) is 16.0. The molecule has 2 aromatic carbocycles. The monoisotopic (exact) mass is 431 g/mol. The summed E-state index contributed by atoms with van der Waals surface area (Å²) < 4.78 is 27.1. The van der Waals surface area contributed by atoms with Gasteiger partial charge in [-0.1, -0.05) is 29.8 Å². The Morgan fingerprint density at radius 3 is 2.38 bits per heavy atom. The number of sulfonamides is 1. The summed E-state index contributed by atoms with van der Waals surface area (Å²) in [5, 5.41) is 1.41. The Hall–Kier alpha value is -2.19. The number of carbonyl (C=O) groups excluding carboxylic acids is 1. The minimum atomic E-state index is -3.56. The van der Waals surface area contributed by atoms with Crippen LogP contribution in [-0.2, 0) is 10.0 Å². The molecule has 0 radical (unpaired) electrons. The molecule has 1 unspecified atom stereocenters. The van der Waals surface area contributed by atoms with E-state index < -0.39 is 10.0 Å². The number of ketones is 1. The first-order valence-corrected chi connectivity index (χ1v) is 11.3. The Balaban J connectivity index is 1.45. The fraction of sp³-hybridized carbons (Fsp3) is 0.286. The standard InChI is InChI=1S/C21H22ClN3O3S/c1-15(21(26)19-14-23-20-5-3-2-4-18(19)20)24-10-12-25(13-11-24)29(27,28)17-8-6-16(22)7-9-17/h2-9,14-15,23H,10-13H2,1H3. The Kier molecular flexibility index (Phi) is 5.48. The number of rotatable bonds is 5. The molecule has 1 aliphatic heterocycles. The van der Waals surface area contributed by atoms with Crippen molar-refractivity contribution in [2.24, 2.45) is 0 Å². The van der Waals surface area contributed by atoms with Crippen molar-refractivity contribution in [2.45, 2.75) is 17.9 Å². The van der Waals surface area contributed by atoms with E-state index in [0.29, 0.717) is 36.8 Å². The van der Waals surface area contributed by atoms with E-state index in [0.717, 1.165) is 10.9 Å². The van der Waals surface area contributed by atoms with Crippen molar-refractivity contribution < 1.29 is 13.2 Å². The van der Waals surface area contributed by atoms with Crippen LogP contribution in [0.5, 0.6) is 0 Å². The summed E-state index contributed by atoms with van der Waals surface area (Å²) in [5.74, 6) is 0.0384. The molecule has 0 amide bonds. The van der Waals surface area contributed by atoms with E-state index in [1.807, 2.05) is 36.1 Å². The van der Waals surface area contributed by atoms with Crippen LogP contribution >= 0.6 is 11.6 Å². The molecule has 152 valence electrons. The summed E-state index contributed by atoms with van der Waals surface area (Å²) in [4.78, 5) is 18.5. The molecule has 6 nitrogen and oxygen atoms in total. The molecule has 2 heterocycles. The van der Waals surface area contributed by atoms with Crippen LogP contribution in [0.25, 0.3) is 10.9 Å². The van der Waals surface area contributed by atoms with Gasteiger partial charge in [0.15, 0.2) is 5.78 Å². The number of benzene rings is 2. The van der Waals surface area contributed by atoms with Crippen LogP contribution in [0.15, 0.2) is 59.6 Å². The van der Waals surface area contributed by atoms with E-state index in [1.54, 1.807) is 18.3 Å². The number of hydrogen-bond acceptors (Lipinski definition) is 4. The highest BCUT2D eigenvalue weighted by Crippen LogP contribution is 2.23. The normalized spacial score (nSPS) is 17.4. The van der Waals surface area contributed by atoms with Crippen LogP contribution in [0.1, 0.15) is 17.3 Å². The van der Waals surface area contributed by atoms with E-state index in [4.69, 9.17) is 11.6 Å². The van der Waals surface area contributed by atoms with Gasteiger partial charge in [-0.15, -0.1) is 0 Å². The third-order valence-corrected chi connectivity index (χ3v) is 7.67. The lowest BCUT2D eigenvalue weighted by Crippen LogP contribution is -2.53. The maximum Gasteiger partial charge on any atom is 0.243 e. The number of Topliss-reactive ketones (excluding diaryl/α,β-unsaturated/α-hetero) is 1. The van der Waals surface area contributed by atoms with Gasteiger partial charge in [0.2, 0.25) is 10.0 Å². The molecule has 0 aliphatic carbocycles. The molecular formula is C21H22ClN3O3S. The van der Waals surface area contributed by atoms with Crippen LogP contribution in [0, 0.1) is 0 Å². The van der Waals surface area contributed by atoms with Crippen molar-refractivity contribution in [3.8, 4) is 0 Å². The first-order chi connectivity index (χ1) is 13.9. The second-order valence-corrected chi connectivity index (χ2v) is 9.56. The Morgan fingerprint density at radius 1 is 1.03 bits per heavy atom. The molecule has 4 rings (SSSR count). The number of para-hydroxylation sites is 1. The number of nitrogens with zero attached hydrogens (tertiary/aromatic N) is 2. The molecule has 1 aliphatic rings. The molecule has 29 heavy (non-hydrogen) atoms. The number of fused-ring (bicyclic) bond motifs is 1. The number of carbonyl (C=O) groups is 1. The minimum Gasteiger partial charge on any atom is -0.360 e. The number of aromatic nitrogens is 1. The van der Waals surface area contributed by atoms with Crippen molar-refractivity contribution in [1.29, 1.82) is 0 Å². The lowest BCUT2D eigenvalue weighted by molar-refractivity contribution is 0.0784. The first kappa shape index (κ1) is 20.1. The Morgan fingerprint density at radius 2 is 1.69 bits per heavy atom. The highest BCUT2D eigenvalue weighted by molar-refractivity contribution is 7.89. The molecule has 0 saturated carbocycles. The second kappa shape index (κ2) is 7.91. The zero-order chi connectivity index (χ0) is 20.6. The van der Waals surface area contributed by atoms with Crippen molar-refractivity contribution in [3.05, 3.63) is 65.3 Å². The molecular weight excluding hydrogens is 410 g/mol. The number of hydrogen-bond donors (Lipinski definition) is 1. The largest absolute Gasteiger partial charge is 0.360 e. The lowest BCUT2D eigenvalue weighted by atomic mass is 10.0. The molecule has 8 heteroatoms. The van der Waals surface area contributed by atoms with Crippen LogP contribution in [0.3, 0.4) is 0 Å². The van der Waals surface area contributed by atoms with Gasteiger partial charge in [0, 0.05) is 53.9 Å². The third kappa shape index (κ3) is 3.83. The number of halogens is 1. The van der Waals surface area contributed by atoms with Gasteiger partial charge in [-0.25, -0.2) is 8.42 Å². The highest BCUT2D eigenvalue weighted by Gasteiger charge is 2.32. The molecule has 1 fully saturated rings. The molecule has 1 aromatic heterocycles. The van der Waals surface area contributed by atoms with Gasteiger partial charge >= 0.3 is 0 Å². The molecule has 1 atom stereocenters. The molecule has 1 saturated heterocycles. The third-order valence-electron chi connectivity index (χ3n) is 5.51.